The first-order chi connectivity index (χ1) is 8.22. The van der Waals surface area contributed by atoms with E-state index in [1.54, 1.807) is 11.8 Å². The SMILES string of the molecule is COc1cc(CNCCSC)cc(OC)c1O. The molecule has 0 aliphatic carbocycles. The number of hydrogen-bond acceptors (Lipinski definition) is 5. The molecule has 0 saturated carbocycles. The van der Waals surface area contributed by atoms with Crippen molar-refractivity contribution < 1.29 is 14.6 Å². The summed E-state index contributed by atoms with van der Waals surface area (Å²) in [7, 11) is 3.05. The van der Waals surface area contributed by atoms with E-state index in [0.29, 0.717) is 11.5 Å². The van der Waals surface area contributed by atoms with E-state index in [1.165, 1.54) is 14.2 Å². The normalized spacial score (nSPS) is 10.3. The number of aromatic hydroxyl groups is 1. The average Bonchev–Trinajstić information content (AvgIpc) is 2.36. The largest absolute Gasteiger partial charge is 0.502 e. The van der Waals surface area contributed by atoms with Gasteiger partial charge in [-0.1, -0.05) is 0 Å². The molecule has 0 radical (unpaired) electrons. The van der Waals surface area contributed by atoms with Crippen LogP contribution in [0.2, 0.25) is 0 Å². The summed E-state index contributed by atoms with van der Waals surface area (Å²) in [6.45, 7) is 1.68. The number of ether oxygens (including phenoxy) is 2. The molecule has 0 aliphatic heterocycles. The van der Waals surface area contributed by atoms with Gasteiger partial charge in [0.1, 0.15) is 0 Å². The van der Waals surface area contributed by atoms with Crippen LogP contribution in [-0.2, 0) is 6.54 Å². The van der Waals surface area contributed by atoms with E-state index in [9.17, 15) is 5.11 Å². The van der Waals surface area contributed by atoms with E-state index in [0.717, 1.165) is 24.4 Å². The lowest BCUT2D eigenvalue weighted by Gasteiger charge is -2.11. The molecule has 0 heterocycles. The van der Waals surface area contributed by atoms with Crippen molar-refractivity contribution in [1.29, 1.82) is 0 Å². The van der Waals surface area contributed by atoms with Crippen molar-refractivity contribution in [2.24, 2.45) is 0 Å². The molecule has 0 amide bonds. The summed E-state index contributed by atoms with van der Waals surface area (Å²) in [5, 5.41) is 13.1. The van der Waals surface area contributed by atoms with Crippen molar-refractivity contribution in [1.82, 2.24) is 5.32 Å². The zero-order chi connectivity index (χ0) is 12.7. The quantitative estimate of drug-likeness (QED) is 0.730. The molecule has 4 nitrogen and oxygen atoms in total. The van der Waals surface area contributed by atoms with Crippen LogP contribution >= 0.6 is 11.8 Å². The molecular weight excluding hydrogens is 238 g/mol. The Kier molecular flexibility index (Phi) is 6.00. The molecule has 1 aromatic rings. The molecule has 0 atom stereocenters. The Labute approximate surface area is 106 Å². The van der Waals surface area contributed by atoms with Crippen molar-refractivity contribution in [3.63, 3.8) is 0 Å². The molecule has 0 aliphatic rings. The Hall–Kier alpha value is -1.07. The Bertz CT molecular complexity index is 333. The lowest BCUT2D eigenvalue weighted by atomic mass is 10.2. The number of rotatable bonds is 7. The Morgan fingerprint density at radius 3 is 2.29 bits per heavy atom. The third kappa shape index (κ3) is 4.02. The second-order valence-corrected chi connectivity index (χ2v) is 4.50. The van der Waals surface area contributed by atoms with Gasteiger partial charge in [-0.05, 0) is 24.0 Å². The number of phenols is 1. The number of methoxy groups -OCH3 is 2. The minimum absolute atomic E-state index is 0.0443. The number of hydrogen-bond donors (Lipinski definition) is 2. The summed E-state index contributed by atoms with van der Waals surface area (Å²) in [6, 6.07) is 3.62. The highest BCUT2D eigenvalue weighted by Crippen LogP contribution is 2.36. The van der Waals surface area contributed by atoms with E-state index in [2.05, 4.69) is 11.6 Å². The van der Waals surface area contributed by atoms with Gasteiger partial charge in [0.25, 0.3) is 0 Å². The van der Waals surface area contributed by atoms with Gasteiger partial charge in [0.2, 0.25) is 5.75 Å². The Morgan fingerprint density at radius 1 is 1.24 bits per heavy atom. The van der Waals surface area contributed by atoms with Crippen molar-refractivity contribution in [3.05, 3.63) is 17.7 Å². The predicted octanol–water partition coefficient (Wildman–Crippen LogP) is 1.86. The van der Waals surface area contributed by atoms with E-state index >= 15 is 0 Å². The summed E-state index contributed by atoms with van der Waals surface area (Å²) < 4.78 is 10.2. The molecule has 0 spiro atoms. The molecule has 17 heavy (non-hydrogen) atoms. The van der Waals surface area contributed by atoms with Gasteiger partial charge in [-0.15, -0.1) is 0 Å². The van der Waals surface area contributed by atoms with Crippen LogP contribution in [0.1, 0.15) is 5.56 Å². The number of thioether (sulfide) groups is 1. The minimum atomic E-state index is 0.0443. The number of benzene rings is 1. The summed E-state index contributed by atoms with van der Waals surface area (Å²) in [5.74, 6) is 1.99. The van der Waals surface area contributed by atoms with Crippen molar-refractivity contribution >= 4 is 11.8 Å². The molecule has 2 N–H and O–H groups in total. The maximum atomic E-state index is 9.75. The molecule has 1 aromatic carbocycles. The molecule has 5 heteroatoms. The van der Waals surface area contributed by atoms with Gasteiger partial charge in [0.15, 0.2) is 11.5 Å². The zero-order valence-electron chi connectivity index (χ0n) is 10.4. The van der Waals surface area contributed by atoms with Gasteiger partial charge in [-0.25, -0.2) is 0 Å². The lowest BCUT2D eigenvalue weighted by Crippen LogP contribution is -2.16. The lowest BCUT2D eigenvalue weighted by molar-refractivity contribution is 0.339. The Balaban J connectivity index is 2.71. The van der Waals surface area contributed by atoms with Crippen molar-refractivity contribution in [2.45, 2.75) is 6.54 Å². The first-order valence-electron chi connectivity index (χ1n) is 5.36. The monoisotopic (exact) mass is 257 g/mol. The highest BCUT2D eigenvalue weighted by molar-refractivity contribution is 7.98. The smallest absolute Gasteiger partial charge is 0.200 e. The first kappa shape index (κ1) is 14.0. The van der Waals surface area contributed by atoms with Gasteiger partial charge in [-0.2, -0.15) is 11.8 Å². The van der Waals surface area contributed by atoms with Crippen LogP contribution in [0.3, 0.4) is 0 Å². The highest BCUT2D eigenvalue weighted by atomic mass is 32.2. The van der Waals surface area contributed by atoms with Gasteiger partial charge in [0, 0.05) is 18.8 Å². The van der Waals surface area contributed by atoms with Crippen LogP contribution in [0.4, 0.5) is 0 Å². The second-order valence-electron chi connectivity index (χ2n) is 3.52. The van der Waals surface area contributed by atoms with Crippen LogP contribution in [0.25, 0.3) is 0 Å². The van der Waals surface area contributed by atoms with Crippen molar-refractivity contribution in [3.8, 4) is 17.2 Å². The van der Waals surface area contributed by atoms with Crippen LogP contribution in [0.5, 0.6) is 17.2 Å². The summed E-state index contributed by atoms with van der Waals surface area (Å²) >= 11 is 1.80. The van der Waals surface area contributed by atoms with Gasteiger partial charge < -0.3 is 19.9 Å². The maximum absolute atomic E-state index is 9.75. The third-order valence-corrected chi connectivity index (χ3v) is 2.96. The highest BCUT2D eigenvalue weighted by Gasteiger charge is 2.10. The summed E-state index contributed by atoms with van der Waals surface area (Å²) in [4.78, 5) is 0. The number of nitrogens with one attached hydrogen (secondary N) is 1. The van der Waals surface area contributed by atoms with Crippen LogP contribution in [0, 0.1) is 0 Å². The van der Waals surface area contributed by atoms with Gasteiger partial charge in [-0.3, -0.25) is 0 Å². The average molecular weight is 257 g/mol. The number of phenolic OH excluding ortho intramolecular Hbond substituents is 1. The van der Waals surface area contributed by atoms with E-state index in [4.69, 9.17) is 9.47 Å². The minimum Gasteiger partial charge on any atom is -0.502 e. The molecule has 0 fully saturated rings. The second kappa shape index (κ2) is 7.29. The third-order valence-electron chi connectivity index (χ3n) is 2.35. The standard InChI is InChI=1S/C12H19NO3S/c1-15-10-6-9(8-13-4-5-17-3)7-11(16-2)12(10)14/h6-7,13-14H,4-5,8H2,1-3H3. The predicted molar refractivity (Wildman–Crippen MR) is 71.3 cm³/mol. The fraction of sp³-hybridized carbons (Fsp3) is 0.500. The van der Waals surface area contributed by atoms with E-state index in [-0.39, 0.29) is 5.75 Å². The van der Waals surface area contributed by atoms with Gasteiger partial charge >= 0.3 is 0 Å². The Morgan fingerprint density at radius 2 is 1.82 bits per heavy atom. The van der Waals surface area contributed by atoms with Crippen LogP contribution < -0.4 is 14.8 Å². The van der Waals surface area contributed by atoms with Crippen LogP contribution in [0.15, 0.2) is 12.1 Å². The molecule has 0 unspecified atom stereocenters. The zero-order valence-corrected chi connectivity index (χ0v) is 11.3. The van der Waals surface area contributed by atoms with E-state index < -0.39 is 0 Å². The molecule has 96 valence electrons. The van der Waals surface area contributed by atoms with E-state index in [1.807, 2.05) is 12.1 Å². The fourth-order valence-electron chi connectivity index (χ4n) is 1.46. The summed E-state index contributed by atoms with van der Waals surface area (Å²) in [6.07, 6.45) is 2.08. The van der Waals surface area contributed by atoms with Gasteiger partial charge in [0.05, 0.1) is 14.2 Å². The maximum Gasteiger partial charge on any atom is 0.200 e. The molecular formula is C12H19NO3S. The fourth-order valence-corrected chi connectivity index (χ4v) is 1.81. The first-order valence-corrected chi connectivity index (χ1v) is 6.75. The molecule has 0 aromatic heterocycles. The molecule has 0 bridgehead atoms. The summed E-state index contributed by atoms with van der Waals surface area (Å²) in [5.41, 5.74) is 1.03. The van der Waals surface area contributed by atoms with Crippen molar-refractivity contribution in [2.75, 3.05) is 32.8 Å². The molecule has 0 saturated heterocycles. The van der Waals surface area contributed by atoms with Crippen LogP contribution in [-0.4, -0.2) is 37.9 Å². The topological polar surface area (TPSA) is 50.7 Å². The molecule has 1 rings (SSSR count).